The van der Waals surface area contributed by atoms with Gasteiger partial charge >= 0.3 is 5.69 Å². The number of rotatable bonds is 4. The van der Waals surface area contributed by atoms with Gasteiger partial charge in [0.15, 0.2) is 0 Å². The van der Waals surface area contributed by atoms with Crippen LogP contribution in [0.3, 0.4) is 0 Å². The van der Waals surface area contributed by atoms with Crippen molar-refractivity contribution in [1.29, 1.82) is 0 Å². The van der Waals surface area contributed by atoms with Gasteiger partial charge in [0.2, 0.25) is 5.91 Å². The van der Waals surface area contributed by atoms with Crippen molar-refractivity contribution in [2.45, 2.75) is 51.1 Å². The first-order chi connectivity index (χ1) is 11.1. The Morgan fingerprint density at radius 3 is 2.70 bits per heavy atom. The topological polar surface area (TPSA) is 84.0 Å². The number of amides is 1. The summed E-state index contributed by atoms with van der Waals surface area (Å²) in [6.07, 6.45) is 5.69. The molecule has 0 saturated heterocycles. The average Bonchev–Trinajstić information content (AvgIpc) is 2.55. The maximum atomic E-state index is 12.4. The fourth-order valence-electron chi connectivity index (χ4n) is 3.16. The molecule has 0 atom stereocenters. The predicted molar refractivity (Wildman–Crippen MR) is 88.5 cm³/mol. The molecule has 0 aliphatic heterocycles. The summed E-state index contributed by atoms with van der Waals surface area (Å²) in [7, 11) is 0. The van der Waals surface area contributed by atoms with Gasteiger partial charge in [0.05, 0.1) is 10.9 Å². The molecule has 23 heavy (non-hydrogen) atoms. The highest BCUT2D eigenvalue weighted by Crippen LogP contribution is 2.17. The minimum absolute atomic E-state index is 0.0948. The number of benzene rings is 1. The summed E-state index contributed by atoms with van der Waals surface area (Å²) in [5.74, 6) is -0.101. The Bertz CT molecular complexity index is 816. The highest BCUT2D eigenvalue weighted by molar-refractivity contribution is 5.77. The molecular weight excluding hydrogens is 294 g/mol. The lowest BCUT2D eigenvalue weighted by molar-refractivity contribution is -0.122. The number of hydrogen-bond donors (Lipinski definition) is 2. The van der Waals surface area contributed by atoms with Crippen LogP contribution in [0.4, 0.5) is 0 Å². The number of H-pyrrole nitrogens is 1. The van der Waals surface area contributed by atoms with E-state index < -0.39 is 5.69 Å². The van der Waals surface area contributed by atoms with Gasteiger partial charge < -0.3 is 10.3 Å². The highest BCUT2D eigenvalue weighted by atomic mass is 16.2. The Morgan fingerprint density at radius 2 is 1.91 bits per heavy atom. The first kappa shape index (κ1) is 15.5. The quantitative estimate of drug-likeness (QED) is 0.897. The van der Waals surface area contributed by atoms with Crippen molar-refractivity contribution >= 4 is 16.8 Å². The van der Waals surface area contributed by atoms with Crippen LogP contribution < -0.4 is 16.6 Å². The van der Waals surface area contributed by atoms with Gasteiger partial charge in [-0.25, -0.2) is 4.79 Å². The molecule has 1 fully saturated rings. The van der Waals surface area contributed by atoms with E-state index in [1.807, 2.05) is 0 Å². The second kappa shape index (κ2) is 6.81. The van der Waals surface area contributed by atoms with Crippen LogP contribution in [-0.2, 0) is 11.3 Å². The minimum Gasteiger partial charge on any atom is -0.353 e. The third-order valence-electron chi connectivity index (χ3n) is 4.42. The van der Waals surface area contributed by atoms with E-state index in [0.717, 1.165) is 30.3 Å². The van der Waals surface area contributed by atoms with E-state index in [-0.39, 0.29) is 30.5 Å². The number of nitrogens with one attached hydrogen (secondary N) is 2. The van der Waals surface area contributed by atoms with Crippen molar-refractivity contribution in [3.05, 3.63) is 45.1 Å². The molecule has 6 heteroatoms. The van der Waals surface area contributed by atoms with Crippen LogP contribution in [0, 0.1) is 0 Å². The van der Waals surface area contributed by atoms with Gasteiger partial charge in [-0.1, -0.05) is 31.4 Å². The average molecular weight is 315 g/mol. The first-order valence-corrected chi connectivity index (χ1v) is 8.16. The monoisotopic (exact) mass is 315 g/mol. The molecule has 0 spiro atoms. The SMILES string of the molecule is O=C(CCn1c(=O)[nH]c2ccccc2c1=O)NC1CCCCC1. The van der Waals surface area contributed by atoms with E-state index in [1.54, 1.807) is 24.3 Å². The zero-order valence-electron chi connectivity index (χ0n) is 13.0. The van der Waals surface area contributed by atoms with E-state index in [0.29, 0.717) is 10.9 Å². The van der Waals surface area contributed by atoms with Gasteiger partial charge in [-0.2, -0.15) is 0 Å². The molecule has 0 radical (unpaired) electrons. The van der Waals surface area contributed by atoms with Crippen molar-refractivity contribution in [3.8, 4) is 0 Å². The van der Waals surface area contributed by atoms with E-state index in [9.17, 15) is 14.4 Å². The molecule has 1 heterocycles. The van der Waals surface area contributed by atoms with Crippen LogP contribution in [0.5, 0.6) is 0 Å². The summed E-state index contributed by atoms with van der Waals surface area (Å²) < 4.78 is 1.10. The lowest BCUT2D eigenvalue weighted by Crippen LogP contribution is -2.39. The molecule has 2 aromatic rings. The molecule has 1 saturated carbocycles. The Kier molecular flexibility index (Phi) is 4.60. The minimum atomic E-state index is -0.473. The predicted octanol–water partition coefficient (Wildman–Crippen LogP) is 1.53. The van der Waals surface area contributed by atoms with Crippen LogP contribution in [0.2, 0.25) is 0 Å². The number of nitrogens with zero attached hydrogens (tertiary/aromatic N) is 1. The highest BCUT2D eigenvalue weighted by Gasteiger charge is 2.16. The van der Waals surface area contributed by atoms with Crippen LogP contribution in [-0.4, -0.2) is 21.5 Å². The molecule has 1 aromatic heterocycles. The van der Waals surface area contributed by atoms with Gasteiger partial charge in [-0.05, 0) is 25.0 Å². The molecule has 0 bridgehead atoms. The van der Waals surface area contributed by atoms with Crippen LogP contribution >= 0.6 is 0 Å². The van der Waals surface area contributed by atoms with Crippen LogP contribution in [0.25, 0.3) is 10.9 Å². The molecule has 6 nitrogen and oxygen atoms in total. The third kappa shape index (κ3) is 3.52. The lowest BCUT2D eigenvalue weighted by atomic mass is 9.95. The van der Waals surface area contributed by atoms with Gasteiger partial charge in [0.25, 0.3) is 5.56 Å². The van der Waals surface area contributed by atoms with Crippen LogP contribution in [0.1, 0.15) is 38.5 Å². The Morgan fingerprint density at radius 1 is 1.17 bits per heavy atom. The smallest absolute Gasteiger partial charge is 0.328 e. The number of carbonyl (C=O) groups excluding carboxylic acids is 1. The molecule has 1 aliphatic carbocycles. The fourth-order valence-corrected chi connectivity index (χ4v) is 3.16. The van der Waals surface area contributed by atoms with Gasteiger partial charge in [-0.3, -0.25) is 14.2 Å². The standard InChI is InChI=1S/C17H21N3O3/c21-15(18-12-6-2-1-3-7-12)10-11-20-16(22)13-8-4-5-9-14(13)19-17(20)23/h4-5,8-9,12H,1-3,6-7,10-11H2,(H,18,21)(H,19,23). The zero-order valence-corrected chi connectivity index (χ0v) is 13.0. The maximum Gasteiger partial charge on any atom is 0.328 e. The first-order valence-electron chi connectivity index (χ1n) is 8.16. The second-order valence-corrected chi connectivity index (χ2v) is 6.08. The van der Waals surface area contributed by atoms with E-state index in [4.69, 9.17) is 0 Å². The summed E-state index contributed by atoms with van der Waals surface area (Å²) in [5, 5.41) is 3.46. The normalized spacial score (nSPS) is 15.7. The molecular formula is C17H21N3O3. The zero-order chi connectivity index (χ0) is 16.2. The van der Waals surface area contributed by atoms with Gasteiger partial charge in [0.1, 0.15) is 0 Å². The summed E-state index contributed by atoms with van der Waals surface area (Å²) in [5.41, 5.74) is -0.306. The third-order valence-corrected chi connectivity index (χ3v) is 4.42. The van der Waals surface area contributed by atoms with E-state index >= 15 is 0 Å². The Labute approximate surface area is 133 Å². The van der Waals surface area contributed by atoms with Crippen molar-refractivity contribution in [2.75, 3.05) is 0 Å². The van der Waals surface area contributed by atoms with Crippen molar-refractivity contribution in [2.24, 2.45) is 0 Å². The number of hydrogen-bond acceptors (Lipinski definition) is 3. The Hall–Kier alpha value is -2.37. The molecule has 1 aromatic carbocycles. The largest absolute Gasteiger partial charge is 0.353 e. The van der Waals surface area contributed by atoms with Crippen molar-refractivity contribution in [1.82, 2.24) is 14.9 Å². The molecule has 3 rings (SSSR count). The summed E-state index contributed by atoms with van der Waals surface area (Å²) in [6.45, 7) is 0.0948. The lowest BCUT2D eigenvalue weighted by Gasteiger charge is -2.22. The molecule has 1 amide bonds. The van der Waals surface area contributed by atoms with Crippen molar-refractivity contribution in [3.63, 3.8) is 0 Å². The molecule has 2 N–H and O–H groups in total. The van der Waals surface area contributed by atoms with Crippen molar-refractivity contribution < 1.29 is 4.79 Å². The van der Waals surface area contributed by atoms with Crippen LogP contribution in [0.15, 0.2) is 33.9 Å². The summed E-state index contributed by atoms with van der Waals surface area (Å²) in [6, 6.07) is 7.12. The molecule has 1 aliphatic rings. The van der Waals surface area contributed by atoms with Gasteiger partial charge in [0, 0.05) is 19.0 Å². The van der Waals surface area contributed by atoms with E-state index in [1.165, 1.54) is 6.42 Å². The fraction of sp³-hybridized carbons (Fsp3) is 0.471. The number of fused-ring (bicyclic) bond motifs is 1. The number of para-hydroxylation sites is 1. The molecule has 122 valence electrons. The Balaban J connectivity index is 1.70. The maximum absolute atomic E-state index is 12.4. The number of aromatic nitrogens is 2. The van der Waals surface area contributed by atoms with E-state index in [2.05, 4.69) is 10.3 Å². The second-order valence-electron chi connectivity index (χ2n) is 6.08. The summed E-state index contributed by atoms with van der Waals surface area (Å²) >= 11 is 0. The number of carbonyl (C=O) groups is 1. The molecule has 0 unspecified atom stereocenters. The van der Waals surface area contributed by atoms with Gasteiger partial charge in [-0.15, -0.1) is 0 Å². The summed E-state index contributed by atoms with van der Waals surface area (Å²) in [4.78, 5) is 39.1. The number of aromatic amines is 1.